The molecule has 0 N–H and O–H groups in total. The summed E-state index contributed by atoms with van der Waals surface area (Å²) in [5, 5.41) is 15.3. The molecule has 0 aliphatic rings. The van der Waals surface area contributed by atoms with E-state index in [4.69, 9.17) is 0 Å². The molecular formula is C6HN6OS2. The van der Waals surface area contributed by atoms with Gasteiger partial charge in [0, 0.05) is 5.27 Å². The summed E-state index contributed by atoms with van der Waals surface area (Å²) >= 11 is 2.35. The number of aromatic nitrogens is 6. The van der Waals surface area contributed by atoms with E-state index in [1.54, 1.807) is 0 Å². The standard InChI is InChI=1S/C6HN6OS2/c1-3(8-12-13-1)4-5(11-15-10-4)6-9-7-2-14-6/h1H. The summed E-state index contributed by atoms with van der Waals surface area (Å²) in [7, 11) is 0. The topological polar surface area (TPSA) is 90.5 Å². The van der Waals surface area contributed by atoms with E-state index in [-0.39, 0.29) is 0 Å². The molecule has 0 aromatic carbocycles. The van der Waals surface area contributed by atoms with Crippen molar-refractivity contribution in [3.63, 3.8) is 0 Å². The van der Waals surface area contributed by atoms with Gasteiger partial charge >= 0.3 is 0 Å². The normalized spacial score (nSPS) is 10.7. The lowest BCUT2D eigenvalue weighted by Crippen LogP contribution is -1.83. The fourth-order valence-corrected chi connectivity index (χ4v) is 2.11. The highest BCUT2D eigenvalue weighted by Gasteiger charge is 2.17. The number of hydrogen-bond acceptors (Lipinski definition) is 9. The van der Waals surface area contributed by atoms with Crippen molar-refractivity contribution >= 4 is 23.1 Å². The summed E-state index contributed by atoms with van der Waals surface area (Å²) in [6.45, 7) is 0. The highest BCUT2D eigenvalue weighted by atomic mass is 32.1. The van der Waals surface area contributed by atoms with Gasteiger partial charge in [-0.15, -0.1) is 15.3 Å². The smallest absolute Gasteiger partial charge is 0.178 e. The molecule has 9 heteroatoms. The molecular weight excluding hydrogens is 236 g/mol. The van der Waals surface area contributed by atoms with Crippen molar-refractivity contribution in [2.45, 2.75) is 0 Å². The van der Waals surface area contributed by atoms with Crippen molar-refractivity contribution < 1.29 is 4.52 Å². The van der Waals surface area contributed by atoms with Crippen LogP contribution in [0.15, 0.2) is 10.8 Å². The molecule has 0 aliphatic heterocycles. The third-order valence-corrected chi connectivity index (χ3v) is 2.79. The maximum Gasteiger partial charge on any atom is 0.178 e. The predicted octanol–water partition coefficient (Wildman–Crippen LogP) is 0.907. The number of rotatable bonds is 2. The van der Waals surface area contributed by atoms with Crippen molar-refractivity contribution in [1.82, 2.24) is 29.3 Å². The Morgan fingerprint density at radius 3 is 2.87 bits per heavy atom. The third kappa shape index (κ3) is 1.41. The Kier molecular flexibility index (Phi) is 1.96. The minimum atomic E-state index is 0.536. The molecule has 15 heavy (non-hydrogen) atoms. The molecule has 3 rings (SSSR count). The van der Waals surface area contributed by atoms with E-state index in [1.807, 2.05) is 0 Å². The highest BCUT2D eigenvalue weighted by Crippen LogP contribution is 2.29. The molecule has 0 saturated heterocycles. The van der Waals surface area contributed by atoms with Crippen LogP contribution in [0.2, 0.25) is 0 Å². The molecule has 3 heterocycles. The van der Waals surface area contributed by atoms with E-state index in [1.165, 1.54) is 17.6 Å². The summed E-state index contributed by atoms with van der Waals surface area (Å²) in [6, 6.07) is 0. The van der Waals surface area contributed by atoms with E-state index < -0.39 is 0 Å². The van der Waals surface area contributed by atoms with Crippen molar-refractivity contribution in [2.24, 2.45) is 0 Å². The molecule has 3 aromatic heterocycles. The molecule has 0 unspecified atom stereocenters. The van der Waals surface area contributed by atoms with Crippen molar-refractivity contribution in [2.75, 3.05) is 0 Å². The van der Waals surface area contributed by atoms with Crippen LogP contribution in [-0.2, 0) is 0 Å². The van der Waals surface area contributed by atoms with Crippen molar-refractivity contribution in [3.05, 3.63) is 11.8 Å². The van der Waals surface area contributed by atoms with Gasteiger partial charge in [0.1, 0.15) is 11.4 Å². The van der Waals surface area contributed by atoms with Crippen LogP contribution >= 0.6 is 23.1 Å². The van der Waals surface area contributed by atoms with Gasteiger partial charge in [0.25, 0.3) is 0 Å². The SMILES string of the molecule is [c]1nnc(-c2nsnc2-c2conn2)s1. The maximum atomic E-state index is 4.65. The molecule has 0 saturated carbocycles. The minimum absolute atomic E-state index is 0.536. The van der Waals surface area contributed by atoms with Gasteiger partial charge < -0.3 is 4.52 Å². The van der Waals surface area contributed by atoms with Crippen LogP contribution < -0.4 is 0 Å². The number of nitrogens with zero attached hydrogens (tertiary/aromatic N) is 6. The van der Waals surface area contributed by atoms with Gasteiger partial charge in [0.2, 0.25) is 0 Å². The Morgan fingerprint density at radius 2 is 2.13 bits per heavy atom. The van der Waals surface area contributed by atoms with E-state index in [9.17, 15) is 0 Å². The van der Waals surface area contributed by atoms with Crippen LogP contribution in [0.1, 0.15) is 0 Å². The maximum absolute atomic E-state index is 4.65. The molecule has 73 valence electrons. The van der Waals surface area contributed by atoms with Gasteiger partial charge in [-0.2, -0.15) is 8.75 Å². The average Bonchev–Trinajstić information content (AvgIpc) is 3.01. The van der Waals surface area contributed by atoms with Crippen LogP contribution in [-0.4, -0.2) is 29.3 Å². The Morgan fingerprint density at radius 1 is 1.20 bits per heavy atom. The lowest BCUT2D eigenvalue weighted by molar-refractivity contribution is 0.393. The summed E-state index contributed by atoms with van der Waals surface area (Å²) < 4.78 is 12.9. The van der Waals surface area contributed by atoms with Crippen LogP contribution in [0.4, 0.5) is 0 Å². The zero-order valence-corrected chi connectivity index (χ0v) is 8.62. The monoisotopic (exact) mass is 237 g/mol. The van der Waals surface area contributed by atoms with E-state index in [0.29, 0.717) is 22.1 Å². The largest absolute Gasteiger partial charge is 0.345 e. The molecule has 3 aromatic rings. The quantitative estimate of drug-likeness (QED) is 0.654. The third-order valence-electron chi connectivity index (χ3n) is 1.62. The summed E-state index contributed by atoms with van der Waals surface area (Å²) in [6.07, 6.45) is 1.41. The number of hydrogen-bond donors (Lipinski definition) is 0. The van der Waals surface area contributed by atoms with Gasteiger partial charge in [-0.05, 0) is 0 Å². The van der Waals surface area contributed by atoms with Gasteiger partial charge in [-0.1, -0.05) is 11.3 Å². The highest BCUT2D eigenvalue weighted by molar-refractivity contribution is 7.12. The first-order valence-corrected chi connectivity index (χ1v) is 5.30. The fraction of sp³-hybridized carbons (Fsp3) is 0. The molecule has 0 amide bonds. The van der Waals surface area contributed by atoms with Crippen LogP contribution in [0.5, 0.6) is 0 Å². The second-order valence-electron chi connectivity index (χ2n) is 2.45. The van der Waals surface area contributed by atoms with Crippen LogP contribution in [0.3, 0.4) is 0 Å². The zero-order valence-electron chi connectivity index (χ0n) is 6.99. The fourth-order valence-electron chi connectivity index (χ4n) is 1.01. The Labute approximate surface area is 91.1 Å². The summed E-state index contributed by atoms with van der Waals surface area (Å²) in [4.78, 5) is 0. The van der Waals surface area contributed by atoms with Crippen LogP contribution in [0, 0.1) is 5.51 Å². The molecule has 0 bridgehead atoms. The second-order valence-corrected chi connectivity index (χ2v) is 3.75. The first-order valence-electron chi connectivity index (χ1n) is 3.75. The lowest BCUT2D eigenvalue weighted by Gasteiger charge is -1.89. The first-order chi connectivity index (χ1) is 7.45. The first kappa shape index (κ1) is 8.56. The molecule has 0 atom stereocenters. The van der Waals surface area contributed by atoms with Gasteiger partial charge in [0.05, 0.1) is 11.7 Å². The van der Waals surface area contributed by atoms with Crippen molar-refractivity contribution in [3.8, 4) is 22.1 Å². The average molecular weight is 237 g/mol. The molecule has 0 spiro atoms. The predicted molar refractivity (Wildman–Crippen MR) is 50.9 cm³/mol. The van der Waals surface area contributed by atoms with E-state index in [2.05, 4.69) is 39.3 Å². The zero-order chi connectivity index (χ0) is 10.1. The summed E-state index contributed by atoms with van der Waals surface area (Å²) in [5.74, 6) is 0. The molecule has 0 fully saturated rings. The lowest BCUT2D eigenvalue weighted by atomic mass is 10.3. The molecule has 1 radical (unpaired) electrons. The Balaban J connectivity index is 2.15. The Bertz CT molecular complexity index is 495. The van der Waals surface area contributed by atoms with Gasteiger partial charge in [-0.3, -0.25) is 0 Å². The minimum Gasteiger partial charge on any atom is -0.345 e. The molecule has 7 nitrogen and oxygen atoms in total. The van der Waals surface area contributed by atoms with E-state index >= 15 is 0 Å². The van der Waals surface area contributed by atoms with E-state index in [0.717, 1.165) is 11.7 Å². The Hall–Kier alpha value is -1.74. The molecule has 0 aliphatic carbocycles. The van der Waals surface area contributed by atoms with Crippen LogP contribution in [0.25, 0.3) is 22.1 Å². The van der Waals surface area contributed by atoms with Gasteiger partial charge in [0.15, 0.2) is 22.5 Å². The second kappa shape index (κ2) is 3.44. The summed E-state index contributed by atoms with van der Waals surface area (Å²) in [5.41, 5.74) is 4.42. The van der Waals surface area contributed by atoms with Gasteiger partial charge in [-0.25, -0.2) is 0 Å². The van der Waals surface area contributed by atoms with Crippen molar-refractivity contribution in [1.29, 1.82) is 0 Å².